The quantitative estimate of drug-likeness (QED) is 0.354. The van der Waals surface area contributed by atoms with Crippen LogP contribution in [0.15, 0.2) is 47.8 Å². The Balaban J connectivity index is 1.67. The van der Waals surface area contributed by atoms with Crippen LogP contribution in [0.3, 0.4) is 0 Å². The number of nitrogens with zero attached hydrogens (tertiary/aromatic N) is 3. The summed E-state index contributed by atoms with van der Waals surface area (Å²) >= 11 is 13.7. The van der Waals surface area contributed by atoms with Gasteiger partial charge in [-0.2, -0.15) is 5.10 Å². The number of anilines is 1. The van der Waals surface area contributed by atoms with Crippen LogP contribution in [-0.4, -0.2) is 29.4 Å². The van der Waals surface area contributed by atoms with Crippen molar-refractivity contribution in [2.24, 2.45) is 0 Å². The number of halogens is 2. The summed E-state index contributed by atoms with van der Waals surface area (Å²) in [6.07, 6.45) is 1.69. The van der Waals surface area contributed by atoms with E-state index in [9.17, 15) is 8.42 Å². The normalized spacial score (nSPS) is 11.7. The fraction of sp³-hybridized carbons (Fsp3) is 0.182. The number of benzene rings is 2. The molecule has 6 nitrogen and oxygen atoms in total. The van der Waals surface area contributed by atoms with Crippen LogP contribution in [0.5, 0.6) is 0 Å². The Labute approximate surface area is 200 Å². The maximum atomic E-state index is 11.7. The number of thiazole rings is 1. The molecule has 0 unspecified atom stereocenters. The van der Waals surface area contributed by atoms with E-state index < -0.39 is 10.0 Å². The molecule has 0 saturated carbocycles. The summed E-state index contributed by atoms with van der Waals surface area (Å²) in [5, 5.41) is 8.37. The highest BCUT2D eigenvalue weighted by atomic mass is 35.5. The third kappa shape index (κ3) is 4.83. The van der Waals surface area contributed by atoms with Crippen LogP contribution in [0, 0.1) is 13.8 Å². The third-order valence-corrected chi connectivity index (χ3v) is 7.16. The fourth-order valence-electron chi connectivity index (χ4n) is 3.43. The van der Waals surface area contributed by atoms with Crippen molar-refractivity contribution in [3.05, 3.63) is 80.4 Å². The summed E-state index contributed by atoms with van der Waals surface area (Å²) in [7, 11) is -3.38. The molecule has 0 aliphatic heterocycles. The van der Waals surface area contributed by atoms with Gasteiger partial charge in [-0.25, -0.2) is 18.1 Å². The van der Waals surface area contributed by atoms with Gasteiger partial charge in [0, 0.05) is 28.6 Å². The van der Waals surface area contributed by atoms with Gasteiger partial charge in [-0.15, -0.1) is 11.3 Å². The molecule has 10 heteroatoms. The first kappa shape index (κ1) is 22.8. The van der Waals surface area contributed by atoms with Crippen molar-refractivity contribution in [2.45, 2.75) is 20.3 Å². The van der Waals surface area contributed by atoms with Crippen LogP contribution in [0.4, 0.5) is 5.69 Å². The van der Waals surface area contributed by atoms with Gasteiger partial charge in [0.05, 0.1) is 33.4 Å². The first-order valence-corrected chi connectivity index (χ1v) is 13.2. The van der Waals surface area contributed by atoms with Crippen molar-refractivity contribution in [3.8, 4) is 16.4 Å². The molecule has 1 N–H and O–H groups in total. The second-order valence-electron chi connectivity index (χ2n) is 7.41. The van der Waals surface area contributed by atoms with Crippen LogP contribution < -0.4 is 4.72 Å². The highest BCUT2D eigenvalue weighted by Crippen LogP contribution is 2.31. The first-order chi connectivity index (χ1) is 15.1. The smallest absolute Gasteiger partial charge is 0.229 e. The molecule has 0 radical (unpaired) electrons. The number of hydrogen-bond donors (Lipinski definition) is 1. The summed E-state index contributed by atoms with van der Waals surface area (Å²) in [5.41, 5.74) is 5.95. The number of hydrogen-bond acceptors (Lipinski definition) is 5. The van der Waals surface area contributed by atoms with Gasteiger partial charge in [0.2, 0.25) is 15.2 Å². The predicted molar refractivity (Wildman–Crippen MR) is 132 cm³/mol. The molecule has 0 aliphatic carbocycles. The van der Waals surface area contributed by atoms with Gasteiger partial charge < -0.3 is 0 Å². The van der Waals surface area contributed by atoms with E-state index in [0.29, 0.717) is 22.2 Å². The van der Waals surface area contributed by atoms with Gasteiger partial charge in [0.25, 0.3) is 0 Å². The summed E-state index contributed by atoms with van der Waals surface area (Å²) in [5.74, 6) is 0. The molecule has 0 fully saturated rings. The molecule has 0 amide bonds. The minimum Gasteiger partial charge on any atom is -0.283 e. The molecule has 2 aromatic heterocycles. The van der Waals surface area contributed by atoms with Crippen LogP contribution in [0.1, 0.15) is 22.5 Å². The van der Waals surface area contributed by atoms with E-state index in [1.54, 1.807) is 24.3 Å². The zero-order chi connectivity index (χ0) is 23.0. The summed E-state index contributed by atoms with van der Waals surface area (Å²) < 4.78 is 27.9. The lowest BCUT2D eigenvalue weighted by Crippen LogP contribution is -2.11. The van der Waals surface area contributed by atoms with Gasteiger partial charge in [0.1, 0.15) is 0 Å². The Morgan fingerprint density at radius 1 is 1.09 bits per heavy atom. The molecule has 2 aromatic carbocycles. The van der Waals surface area contributed by atoms with E-state index in [1.807, 2.05) is 42.1 Å². The fourth-order valence-corrected chi connectivity index (χ4v) is 5.16. The van der Waals surface area contributed by atoms with E-state index in [2.05, 4.69) is 4.72 Å². The number of para-hydroxylation sites is 1. The van der Waals surface area contributed by atoms with Crippen molar-refractivity contribution in [1.29, 1.82) is 0 Å². The summed E-state index contributed by atoms with van der Waals surface area (Å²) in [6, 6.07) is 12.8. The second kappa shape index (κ2) is 8.86. The molecule has 0 spiro atoms. The second-order valence-corrected chi connectivity index (χ2v) is 10.8. The van der Waals surface area contributed by atoms with Gasteiger partial charge in [-0.1, -0.05) is 47.5 Å². The average Bonchev–Trinajstić information content (AvgIpc) is 3.31. The van der Waals surface area contributed by atoms with E-state index in [1.165, 1.54) is 11.3 Å². The van der Waals surface area contributed by atoms with Crippen molar-refractivity contribution in [1.82, 2.24) is 14.8 Å². The molecular formula is C22H20Cl2N4O2S2. The number of aromatic nitrogens is 3. The summed E-state index contributed by atoms with van der Waals surface area (Å²) in [6.45, 7) is 3.93. The molecular weight excluding hydrogens is 487 g/mol. The third-order valence-electron chi connectivity index (χ3n) is 5.01. The monoisotopic (exact) mass is 506 g/mol. The molecule has 0 aliphatic rings. The maximum absolute atomic E-state index is 11.7. The molecule has 4 rings (SSSR count). The van der Waals surface area contributed by atoms with Crippen LogP contribution in [0.2, 0.25) is 10.0 Å². The Morgan fingerprint density at radius 2 is 1.84 bits per heavy atom. The molecule has 0 bridgehead atoms. The van der Waals surface area contributed by atoms with Crippen molar-refractivity contribution in [2.75, 3.05) is 11.0 Å². The Hall–Kier alpha value is -2.39. The highest BCUT2D eigenvalue weighted by Gasteiger charge is 2.18. The van der Waals surface area contributed by atoms with E-state index >= 15 is 0 Å². The summed E-state index contributed by atoms with van der Waals surface area (Å²) in [4.78, 5) is 4.74. The lowest BCUT2D eigenvalue weighted by Gasteiger charge is -2.11. The Morgan fingerprint density at radius 3 is 2.56 bits per heavy atom. The lowest BCUT2D eigenvalue weighted by molar-refractivity contribution is 0.606. The van der Waals surface area contributed by atoms with Gasteiger partial charge >= 0.3 is 0 Å². The maximum Gasteiger partial charge on any atom is 0.229 e. The SMILES string of the molecule is Cc1nn(-c2nc(-c3ccc(Cl)c(Cl)c3)cs2)c(C)c1Cc1ccccc1NS(C)(=O)=O. The molecule has 0 saturated heterocycles. The van der Waals surface area contributed by atoms with Crippen molar-refractivity contribution >= 4 is 50.2 Å². The van der Waals surface area contributed by atoms with Crippen LogP contribution >= 0.6 is 34.5 Å². The van der Waals surface area contributed by atoms with Gasteiger partial charge in [-0.3, -0.25) is 4.72 Å². The Bertz CT molecular complexity index is 1410. The van der Waals surface area contributed by atoms with Crippen LogP contribution in [0.25, 0.3) is 16.4 Å². The molecule has 166 valence electrons. The topological polar surface area (TPSA) is 76.9 Å². The molecule has 4 aromatic rings. The Kier molecular flexibility index (Phi) is 6.31. The minimum atomic E-state index is -3.38. The van der Waals surface area contributed by atoms with Gasteiger partial charge in [0.15, 0.2) is 0 Å². The van der Waals surface area contributed by atoms with E-state index in [4.69, 9.17) is 33.3 Å². The van der Waals surface area contributed by atoms with Gasteiger partial charge in [-0.05, 0) is 37.6 Å². The number of nitrogens with one attached hydrogen (secondary N) is 1. The molecule has 2 heterocycles. The minimum absolute atomic E-state index is 0.480. The number of sulfonamides is 1. The zero-order valence-corrected chi connectivity index (χ0v) is 20.7. The average molecular weight is 507 g/mol. The first-order valence-electron chi connectivity index (χ1n) is 9.64. The van der Waals surface area contributed by atoms with Crippen molar-refractivity contribution in [3.63, 3.8) is 0 Å². The van der Waals surface area contributed by atoms with Crippen LogP contribution in [-0.2, 0) is 16.4 Å². The molecule has 32 heavy (non-hydrogen) atoms. The largest absolute Gasteiger partial charge is 0.283 e. The van der Waals surface area contributed by atoms with E-state index in [0.717, 1.165) is 45.2 Å². The number of aryl methyl sites for hydroxylation is 1. The van der Waals surface area contributed by atoms with Crippen molar-refractivity contribution < 1.29 is 8.42 Å². The highest BCUT2D eigenvalue weighted by molar-refractivity contribution is 7.92. The zero-order valence-electron chi connectivity index (χ0n) is 17.6. The molecule has 0 atom stereocenters. The number of rotatable bonds is 6. The predicted octanol–water partition coefficient (Wildman–Crippen LogP) is 5.88. The lowest BCUT2D eigenvalue weighted by atomic mass is 10.0. The van der Waals surface area contributed by atoms with E-state index in [-0.39, 0.29) is 0 Å². The standard InChI is InChI=1S/C22H20Cl2N4O2S2/c1-13-17(10-15-6-4-5-7-20(15)27-32(3,29)30)14(2)28(26-13)22-25-21(12-31-22)16-8-9-18(23)19(24)11-16/h4-9,11-12,27H,10H2,1-3H3.